The first-order valence-corrected chi connectivity index (χ1v) is 7.46. The van der Waals surface area contributed by atoms with Gasteiger partial charge in [-0.2, -0.15) is 0 Å². The molecule has 3 nitrogen and oxygen atoms in total. The Kier molecular flexibility index (Phi) is 4.80. The molecule has 0 unspecified atom stereocenters. The van der Waals surface area contributed by atoms with Crippen molar-refractivity contribution < 1.29 is 0 Å². The van der Waals surface area contributed by atoms with E-state index < -0.39 is 0 Å². The normalized spacial score (nSPS) is 12.4. The molecule has 2 rings (SSSR count). The van der Waals surface area contributed by atoms with Crippen LogP contribution in [0.1, 0.15) is 30.0 Å². The van der Waals surface area contributed by atoms with Crippen LogP contribution >= 0.6 is 22.9 Å². The Morgan fingerprint density at radius 2 is 2.16 bits per heavy atom. The summed E-state index contributed by atoms with van der Waals surface area (Å²) >= 11 is 7.54. The predicted octanol–water partition coefficient (Wildman–Crippen LogP) is 3.84. The maximum absolute atomic E-state index is 5.96. The van der Waals surface area contributed by atoms with Gasteiger partial charge in [0.2, 0.25) is 0 Å². The number of nitrogens with two attached hydrogens (primary N) is 1. The van der Waals surface area contributed by atoms with Crippen molar-refractivity contribution in [1.82, 2.24) is 4.98 Å². The van der Waals surface area contributed by atoms with Crippen LogP contribution in [-0.4, -0.2) is 12.0 Å². The zero-order valence-electron chi connectivity index (χ0n) is 11.1. The highest BCUT2D eigenvalue weighted by atomic mass is 35.5. The first kappa shape index (κ1) is 14.3. The second-order valence-corrected chi connectivity index (χ2v) is 6.32. The first-order valence-electron chi connectivity index (χ1n) is 6.27. The molecular formula is C14H18ClN3S. The molecule has 0 saturated carbocycles. The number of halogens is 1. The summed E-state index contributed by atoms with van der Waals surface area (Å²) in [5.74, 6) is 0. The van der Waals surface area contributed by atoms with Crippen LogP contribution in [0.4, 0.5) is 5.69 Å². The number of pyridine rings is 1. The summed E-state index contributed by atoms with van der Waals surface area (Å²) in [5.41, 5.74) is 7.98. The molecule has 5 heteroatoms. The molecule has 0 aliphatic rings. The van der Waals surface area contributed by atoms with Crippen LogP contribution in [0.15, 0.2) is 30.5 Å². The van der Waals surface area contributed by atoms with Crippen molar-refractivity contribution in [1.29, 1.82) is 0 Å². The quantitative estimate of drug-likeness (QED) is 0.911. The average molecular weight is 296 g/mol. The Balaban J connectivity index is 2.05. The van der Waals surface area contributed by atoms with Gasteiger partial charge in [0, 0.05) is 18.0 Å². The van der Waals surface area contributed by atoms with Gasteiger partial charge in [-0.05, 0) is 30.7 Å². The second kappa shape index (κ2) is 6.37. The van der Waals surface area contributed by atoms with E-state index in [2.05, 4.69) is 28.9 Å². The monoisotopic (exact) mass is 295 g/mol. The van der Waals surface area contributed by atoms with Crippen LogP contribution in [0.5, 0.6) is 0 Å². The van der Waals surface area contributed by atoms with Crippen LogP contribution in [0.2, 0.25) is 4.34 Å². The number of anilines is 1. The SMILES string of the molecule is CC[C@@H](N)c1ccc(N(C)Cc2ccc(Cl)s2)cn1. The Bertz CT molecular complexity index is 524. The van der Waals surface area contributed by atoms with Gasteiger partial charge in [-0.1, -0.05) is 18.5 Å². The molecule has 0 fully saturated rings. The maximum Gasteiger partial charge on any atom is 0.0931 e. The molecule has 0 amide bonds. The standard InChI is InChI=1S/C14H18ClN3S/c1-3-12(16)13-6-4-10(8-17-13)18(2)9-11-5-7-14(15)19-11/h4-8,12H,3,9,16H2,1-2H3/t12-/m1/s1. The molecule has 0 aromatic carbocycles. The first-order chi connectivity index (χ1) is 9.10. The van der Waals surface area contributed by atoms with Crippen molar-refractivity contribution in [2.75, 3.05) is 11.9 Å². The van der Waals surface area contributed by atoms with Crippen molar-refractivity contribution in [2.24, 2.45) is 5.73 Å². The van der Waals surface area contributed by atoms with Crippen LogP contribution in [0.3, 0.4) is 0 Å². The molecule has 2 N–H and O–H groups in total. The molecule has 0 bridgehead atoms. The van der Waals surface area contributed by atoms with Gasteiger partial charge in [-0.3, -0.25) is 4.98 Å². The summed E-state index contributed by atoms with van der Waals surface area (Å²) in [7, 11) is 2.05. The van der Waals surface area contributed by atoms with Gasteiger partial charge in [-0.15, -0.1) is 11.3 Å². The van der Waals surface area contributed by atoms with Crippen LogP contribution in [0.25, 0.3) is 0 Å². The van der Waals surface area contributed by atoms with Gasteiger partial charge in [0.15, 0.2) is 0 Å². The molecule has 0 aliphatic heterocycles. The van der Waals surface area contributed by atoms with E-state index in [1.807, 2.05) is 25.4 Å². The van der Waals surface area contributed by atoms with E-state index in [1.165, 1.54) is 4.88 Å². The lowest BCUT2D eigenvalue weighted by molar-refractivity contribution is 0.675. The van der Waals surface area contributed by atoms with Crippen LogP contribution in [-0.2, 0) is 6.54 Å². The van der Waals surface area contributed by atoms with Crippen molar-refractivity contribution >= 4 is 28.6 Å². The van der Waals surface area contributed by atoms with E-state index in [-0.39, 0.29) is 6.04 Å². The minimum atomic E-state index is 0.0236. The van der Waals surface area contributed by atoms with Crippen molar-refractivity contribution in [3.05, 3.63) is 45.4 Å². The van der Waals surface area contributed by atoms with E-state index in [0.29, 0.717) is 0 Å². The van der Waals surface area contributed by atoms with E-state index in [9.17, 15) is 0 Å². The number of rotatable bonds is 5. The van der Waals surface area contributed by atoms with Crippen LogP contribution in [0, 0.1) is 0 Å². The third-order valence-corrected chi connectivity index (χ3v) is 4.27. The predicted molar refractivity (Wildman–Crippen MR) is 82.9 cm³/mol. The van der Waals surface area contributed by atoms with Gasteiger partial charge in [0.05, 0.1) is 28.5 Å². The summed E-state index contributed by atoms with van der Waals surface area (Å²) in [6.07, 6.45) is 2.77. The Hall–Kier alpha value is -1.10. The highest BCUT2D eigenvalue weighted by molar-refractivity contribution is 7.16. The lowest BCUT2D eigenvalue weighted by Gasteiger charge is -2.18. The van der Waals surface area contributed by atoms with E-state index in [0.717, 1.165) is 28.7 Å². The van der Waals surface area contributed by atoms with Crippen molar-refractivity contribution in [3.63, 3.8) is 0 Å². The van der Waals surface area contributed by atoms with E-state index >= 15 is 0 Å². The maximum atomic E-state index is 5.96. The lowest BCUT2D eigenvalue weighted by Crippen LogP contribution is -2.16. The number of aromatic nitrogens is 1. The summed E-state index contributed by atoms with van der Waals surface area (Å²) < 4.78 is 0.825. The summed E-state index contributed by atoms with van der Waals surface area (Å²) in [5, 5.41) is 0. The third-order valence-electron chi connectivity index (χ3n) is 3.05. The number of nitrogens with zero attached hydrogens (tertiary/aromatic N) is 2. The zero-order valence-corrected chi connectivity index (χ0v) is 12.7. The Morgan fingerprint density at radius 3 is 2.68 bits per heavy atom. The number of hydrogen-bond acceptors (Lipinski definition) is 4. The fourth-order valence-electron chi connectivity index (χ4n) is 1.81. The third kappa shape index (κ3) is 3.69. The molecule has 0 aliphatic carbocycles. The molecule has 19 heavy (non-hydrogen) atoms. The smallest absolute Gasteiger partial charge is 0.0931 e. The number of hydrogen-bond donors (Lipinski definition) is 1. The molecule has 1 atom stereocenters. The molecule has 2 heterocycles. The molecule has 0 radical (unpaired) electrons. The minimum absolute atomic E-state index is 0.0236. The summed E-state index contributed by atoms with van der Waals surface area (Å²) in [6, 6.07) is 8.07. The number of thiophene rings is 1. The molecular weight excluding hydrogens is 278 g/mol. The summed E-state index contributed by atoms with van der Waals surface area (Å²) in [4.78, 5) is 7.82. The van der Waals surface area contributed by atoms with Crippen molar-refractivity contribution in [2.45, 2.75) is 25.9 Å². The minimum Gasteiger partial charge on any atom is -0.368 e. The van der Waals surface area contributed by atoms with Crippen molar-refractivity contribution in [3.8, 4) is 0 Å². The van der Waals surface area contributed by atoms with Gasteiger partial charge < -0.3 is 10.6 Å². The van der Waals surface area contributed by atoms with Gasteiger partial charge >= 0.3 is 0 Å². The molecule has 2 aromatic rings. The summed E-state index contributed by atoms with van der Waals surface area (Å²) in [6.45, 7) is 2.89. The second-order valence-electron chi connectivity index (χ2n) is 4.52. The van der Waals surface area contributed by atoms with Gasteiger partial charge in [0.25, 0.3) is 0 Å². The molecule has 102 valence electrons. The molecule has 0 spiro atoms. The van der Waals surface area contributed by atoms with Gasteiger partial charge in [0.1, 0.15) is 0 Å². The molecule has 0 saturated heterocycles. The van der Waals surface area contributed by atoms with E-state index in [1.54, 1.807) is 11.3 Å². The molecule has 2 aromatic heterocycles. The highest BCUT2D eigenvalue weighted by Gasteiger charge is 2.08. The topological polar surface area (TPSA) is 42.1 Å². The Labute approximate surface area is 123 Å². The zero-order chi connectivity index (χ0) is 13.8. The lowest BCUT2D eigenvalue weighted by atomic mass is 10.1. The average Bonchev–Trinajstić information content (AvgIpc) is 2.83. The fourth-order valence-corrected chi connectivity index (χ4v) is 2.95. The Morgan fingerprint density at radius 1 is 1.37 bits per heavy atom. The van der Waals surface area contributed by atoms with Gasteiger partial charge in [-0.25, -0.2) is 0 Å². The fraction of sp³-hybridized carbons (Fsp3) is 0.357. The van der Waals surface area contributed by atoms with E-state index in [4.69, 9.17) is 17.3 Å². The van der Waals surface area contributed by atoms with Crippen LogP contribution < -0.4 is 10.6 Å². The highest BCUT2D eigenvalue weighted by Crippen LogP contribution is 2.24. The largest absolute Gasteiger partial charge is 0.368 e.